The number of hydrogen-bond acceptors (Lipinski definition) is 5. The van der Waals surface area contributed by atoms with E-state index >= 15 is 0 Å². The van der Waals surface area contributed by atoms with Gasteiger partial charge in [-0.2, -0.15) is 13.2 Å². The smallest absolute Gasteiger partial charge is 0.416 e. The van der Waals surface area contributed by atoms with E-state index in [1.54, 1.807) is 31.3 Å². The molecule has 0 spiro atoms. The van der Waals surface area contributed by atoms with Gasteiger partial charge >= 0.3 is 12.1 Å². The van der Waals surface area contributed by atoms with Crippen LogP contribution in [0, 0.1) is 0 Å². The summed E-state index contributed by atoms with van der Waals surface area (Å²) in [6.07, 6.45) is -3.24. The third-order valence-electron chi connectivity index (χ3n) is 5.23. The average molecular weight is 485 g/mol. The summed E-state index contributed by atoms with van der Waals surface area (Å²) in [7, 11) is 2.81. The van der Waals surface area contributed by atoms with Crippen molar-refractivity contribution in [2.75, 3.05) is 12.4 Å². The van der Waals surface area contributed by atoms with Gasteiger partial charge in [0.25, 0.3) is 5.91 Å². The largest absolute Gasteiger partial charge is 0.496 e. The van der Waals surface area contributed by atoms with Crippen LogP contribution in [0.15, 0.2) is 60.8 Å². The number of anilines is 1. The topological polar surface area (TPSA) is 103 Å². The van der Waals surface area contributed by atoms with E-state index in [9.17, 15) is 27.9 Å². The monoisotopic (exact) mass is 485 g/mol. The normalized spacial score (nSPS) is 11.3. The predicted molar refractivity (Wildman–Crippen MR) is 120 cm³/mol. The molecule has 0 atom stereocenters. The van der Waals surface area contributed by atoms with Crippen LogP contribution in [-0.2, 0) is 13.2 Å². The SMILES string of the molecule is COc1cc(C(F)(F)F)ccc1C(=O)Nc1ccc(Oc2ccc3cc(C(=O)O)n(C)c3c2)nc1. The Balaban J connectivity index is 1.48. The average Bonchev–Trinajstić information content (AvgIpc) is 3.15. The summed E-state index contributed by atoms with van der Waals surface area (Å²) in [4.78, 5) is 28.0. The minimum Gasteiger partial charge on any atom is -0.496 e. The lowest BCUT2D eigenvalue weighted by molar-refractivity contribution is -0.137. The number of carbonyl (C=O) groups is 2. The maximum Gasteiger partial charge on any atom is 0.416 e. The van der Waals surface area contributed by atoms with Gasteiger partial charge in [0.1, 0.15) is 17.2 Å². The van der Waals surface area contributed by atoms with Crippen LogP contribution >= 0.6 is 0 Å². The number of carbonyl (C=O) groups excluding carboxylic acids is 1. The summed E-state index contributed by atoms with van der Waals surface area (Å²) in [6, 6.07) is 12.2. The van der Waals surface area contributed by atoms with Gasteiger partial charge in [-0.3, -0.25) is 4.79 Å². The van der Waals surface area contributed by atoms with Crippen LogP contribution in [0.2, 0.25) is 0 Å². The summed E-state index contributed by atoms with van der Waals surface area (Å²) in [5.41, 5.74) is 0.0850. The molecule has 0 aliphatic rings. The van der Waals surface area contributed by atoms with Crippen LogP contribution in [0.5, 0.6) is 17.4 Å². The number of rotatable bonds is 6. The number of carboxylic acid groups (broad SMARTS) is 1. The fourth-order valence-electron chi connectivity index (χ4n) is 3.47. The molecule has 0 saturated heterocycles. The number of aromatic nitrogens is 2. The van der Waals surface area contributed by atoms with E-state index in [2.05, 4.69) is 10.3 Å². The van der Waals surface area contributed by atoms with Gasteiger partial charge in [0.05, 0.1) is 35.6 Å². The van der Waals surface area contributed by atoms with Crippen LogP contribution in [0.4, 0.5) is 18.9 Å². The van der Waals surface area contributed by atoms with E-state index in [4.69, 9.17) is 9.47 Å². The number of nitrogens with zero attached hydrogens (tertiary/aromatic N) is 2. The Hall–Kier alpha value is -4.54. The molecule has 1 amide bonds. The fourth-order valence-corrected chi connectivity index (χ4v) is 3.47. The van der Waals surface area contributed by atoms with E-state index < -0.39 is 23.6 Å². The van der Waals surface area contributed by atoms with Crippen LogP contribution in [0.3, 0.4) is 0 Å². The van der Waals surface area contributed by atoms with E-state index in [1.807, 2.05) is 0 Å². The molecule has 0 aliphatic heterocycles. The van der Waals surface area contributed by atoms with Crippen molar-refractivity contribution in [2.45, 2.75) is 6.18 Å². The molecule has 2 heterocycles. The van der Waals surface area contributed by atoms with Crippen molar-refractivity contribution in [2.24, 2.45) is 7.05 Å². The van der Waals surface area contributed by atoms with E-state index in [0.717, 1.165) is 23.6 Å². The molecule has 0 bridgehead atoms. The van der Waals surface area contributed by atoms with Crippen LogP contribution in [0.25, 0.3) is 10.9 Å². The Morgan fingerprint density at radius 1 is 1.06 bits per heavy atom. The van der Waals surface area contributed by atoms with Gasteiger partial charge in [-0.25, -0.2) is 9.78 Å². The molecule has 4 aromatic rings. The second kappa shape index (κ2) is 9.01. The molecular formula is C24H18F3N3O5. The summed E-state index contributed by atoms with van der Waals surface area (Å²) < 4.78 is 50.9. The molecule has 0 saturated carbocycles. The number of pyridine rings is 1. The molecule has 0 radical (unpaired) electrons. The van der Waals surface area contributed by atoms with Crippen molar-refractivity contribution >= 4 is 28.5 Å². The first-order valence-corrected chi connectivity index (χ1v) is 10.1. The van der Waals surface area contributed by atoms with Gasteiger partial charge in [-0.1, -0.05) is 0 Å². The number of nitrogens with one attached hydrogen (secondary N) is 1. The zero-order valence-electron chi connectivity index (χ0n) is 18.4. The lowest BCUT2D eigenvalue weighted by atomic mass is 10.1. The second-order valence-corrected chi connectivity index (χ2v) is 7.47. The number of ether oxygens (including phenoxy) is 2. The molecule has 180 valence electrons. The number of hydrogen-bond donors (Lipinski definition) is 2. The Bertz CT molecular complexity index is 1430. The maximum absolute atomic E-state index is 12.9. The van der Waals surface area contributed by atoms with Gasteiger partial charge in [0, 0.05) is 24.6 Å². The molecule has 0 unspecified atom stereocenters. The molecule has 4 rings (SSSR count). The van der Waals surface area contributed by atoms with E-state index in [0.29, 0.717) is 11.3 Å². The standard InChI is InChI=1S/C24H18F3N3O5/c1-30-18-11-16(6-3-13(18)9-19(30)23(32)33)35-21-8-5-15(12-28-21)29-22(31)17-7-4-14(24(25,26)27)10-20(17)34-2/h3-12H,1-2H3,(H,29,31)(H,32,33). The highest BCUT2D eigenvalue weighted by molar-refractivity contribution is 6.06. The number of halogens is 3. The number of amides is 1. The summed E-state index contributed by atoms with van der Waals surface area (Å²) in [6.45, 7) is 0. The Morgan fingerprint density at radius 2 is 1.83 bits per heavy atom. The number of benzene rings is 2. The number of methoxy groups -OCH3 is 1. The quantitative estimate of drug-likeness (QED) is 0.382. The Kier molecular flexibility index (Phi) is 6.08. The minimum absolute atomic E-state index is 0.0718. The van der Waals surface area contributed by atoms with Crippen molar-refractivity contribution in [3.63, 3.8) is 0 Å². The van der Waals surface area contributed by atoms with Crippen molar-refractivity contribution in [1.82, 2.24) is 9.55 Å². The van der Waals surface area contributed by atoms with Crippen molar-refractivity contribution in [3.8, 4) is 17.4 Å². The minimum atomic E-state index is -4.56. The third-order valence-corrected chi connectivity index (χ3v) is 5.23. The van der Waals surface area contributed by atoms with Crippen molar-refractivity contribution in [3.05, 3.63) is 77.6 Å². The van der Waals surface area contributed by atoms with E-state index in [1.165, 1.54) is 30.0 Å². The van der Waals surface area contributed by atoms with Gasteiger partial charge < -0.3 is 24.5 Å². The molecule has 2 aromatic heterocycles. The first-order valence-electron chi connectivity index (χ1n) is 10.1. The Morgan fingerprint density at radius 3 is 2.46 bits per heavy atom. The number of alkyl halides is 3. The first-order chi connectivity index (χ1) is 16.6. The highest BCUT2D eigenvalue weighted by Crippen LogP contribution is 2.33. The molecular weight excluding hydrogens is 467 g/mol. The predicted octanol–water partition coefficient (Wildman–Crippen LogP) is 5.34. The van der Waals surface area contributed by atoms with Crippen LogP contribution in [-0.4, -0.2) is 33.6 Å². The molecule has 0 aliphatic carbocycles. The Labute approximate surface area is 196 Å². The van der Waals surface area contributed by atoms with Crippen LogP contribution in [0.1, 0.15) is 26.4 Å². The second-order valence-electron chi connectivity index (χ2n) is 7.47. The zero-order valence-corrected chi connectivity index (χ0v) is 18.4. The molecule has 0 fully saturated rings. The zero-order chi connectivity index (χ0) is 25.3. The number of fused-ring (bicyclic) bond motifs is 1. The lowest BCUT2D eigenvalue weighted by Gasteiger charge is -2.13. The van der Waals surface area contributed by atoms with Crippen molar-refractivity contribution in [1.29, 1.82) is 0 Å². The molecule has 8 nitrogen and oxygen atoms in total. The molecule has 11 heteroatoms. The summed E-state index contributed by atoms with van der Waals surface area (Å²) in [5.74, 6) is -1.29. The van der Waals surface area contributed by atoms with Gasteiger partial charge in [0.2, 0.25) is 5.88 Å². The lowest BCUT2D eigenvalue weighted by Crippen LogP contribution is -2.14. The highest BCUT2D eigenvalue weighted by atomic mass is 19.4. The van der Waals surface area contributed by atoms with E-state index in [-0.39, 0.29) is 28.6 Å². The molecule has 35 heavy (non-hydrogen) atoms. The highest BCUT2D eigenvalue weighted by Gasteiger charge is 2.31. The van der Waals surface area contributed by atoms with Crippen molar-refractivity contribution < 1.29 is 37.3 Å². The fraction of sp³-hybridized carbons (Fsp3) is 0.125. The number of carboxylic acids is 1. The maximum atomic E-state index is 12.9. The van der Waals surface area contributed by atoms with Gasteiger partial charge in [-0.15, -0.1) is 0 Å². The molecule has 2 aromatic carbocycles. The third kappa shape index (κ3) is 4.88. The van der Waals surface area contributed by atoms with Crippen LogP contribution < -0.4 is 14.8 Å². The van der Waals surface area contributed by atoms with Gasteiger partial charge in [-0.05, 0) is 42.5 Å². The van der Waals surface area contributed by atoms with Gasteiger partial charge in [0.15, 0.2) is 0 Å². The first kappa shape index (κ1) is 23.6. The summed E-state index contributed by atoms with van der Waals surface area (Å²) >= 11 is 0. The number of aromatic carboxylic acids is 1. The number of aryl methyl sites for hydroxylation is 1. The molecule has 2 N–H and O–H groups in total. The summed E-state index contributed by atoms with van der Waals surface area (Å²) in [5, 5.41) is 12.5.